The maximum Gasteiger partial charge on any atom is 0.255 e. The highest BCUT2D eigenvalue weighted by molar-refractivity contribution is 6.05. The lowest BCUT2D eigenvalue weighted by Crippen LogP contribution is -2.13. The molecule has 0 radical (unpaired) electrons. The fourth-order valence-corrected chi connectivity index (χ4v) is 3.48. The van der Waals surface area contributed by atoms with Gasteiger partial charge in [0.2, 0.25) is 0 Å². The highest BCUT2D eigenvalue weighted by Gasteiger charge is 2.12. The van der Waals surface area contributed by atoms with Gasteiger partial charge >= 0.3 is 0 Å². The van der Waals surface area contributed by atoms with Crippen LogP contribution in [0.1, 0.15) is 27.3 Å². The third kappa shape index (κ3) is 3.67. The van der Waals surface area contributed by atoms with Crippen LogP contribution in [0.25, 0.3) is 11.0 Å². The minimum absolute atomic E-state index is 0.0994. The number of nitrogens with one attached hydrogen (secondary N) is 1. The van der Waals surface area contributed by atoms with E-state index in [4.69, 9.17) is 4.98 Å². The maximum absolute atomic E-state index is 12.6. The SMILES string of the molecule is Cc1ccccc1C(=O)Nc1ccc2c(c1)nc(CCc1ccccc1)n2C. The number of carbonyl (C=O) groups is 1. The van der Waals surface area contributed by atoms with E-state index in [1.165, 1.54) is 5.56 Å². The molecule has 28 heavy (non-hydrogen) atoms. The summed E-state index contributed by atoms with van der Waals surface area (Å²) >= 11 is 0. The van der Waals surface area contributed by atoms with Crippen LogP contribution in [0.4, 0.5) is 5.69 Å². The monoisotopic (exact) mass is 369 g/mol. The zero-order valence-electron chi connectivity index (χ0n) is 16.1. The fourth-order valence-electron chi connectivity index (χ4n) is 3.48. The van der Waals surface area contributed by atoms with Crippen LogP contribution < -0.4 is 5.32 Å². The van der Waals surface area contributed by atoms with Gasteiger partial charge in [-0.2, -0.15) is 0 Å². The first kappa shape index (κ1) is 18.0. The Bertz CT molecular complexity index is 1130. The second-order valence-corrected chi connectivity index (χ2v) is 7.05. The molecule has 0 aliphatic heterocycles. The lowest BCUT2D eigenvalue weighted by atomic mass is 10.1. The lowest BCUT2D eigenvalue weighted by molar-refractivity contribution is 0.102. The van der Waals surface area contributed by atoms with Gasteiger partial charge in [-0.05, 0) is 48.7 Å². The number of aromatic nitrogens is 2. The summed E-state index contributed by atoms with van der Waals surface area (Å²) in [7, 11) is 2.04. The van der Waals surface area contributed by atoms with Crippen LogP contribution in [0.3, 0.4) is 0 Å². The first-order valence-electron chi connectivity index (χ1n) is 9.48. The Morgan fingerprint density at radius 3 is 2.50 bits per heavy atom. The minimum Gasteiger partial charge on any atom is -0.331 e. The van der Waals surface area contributed by atoms with E-state index < -0.39 is 0 Å². The van der Waals surface area contributed by atoms with Gasteiger partial charge in [0, 0.05) is 24.7 Å². The Kier molecular flexibility index (Phi) is 4.94. The highest BCUT2D eigenvalue weighted by Crippen LogP contribution is 2.21. The van der Waals surface area contributed by atoms with Crippen molar-refractivity contribution in [3.8, 4) is 0 Å². The molecular formula is C24H23N3O. The predicted molar refractivity (Wildman–Crippen MR) is 114 cm³/mol. The molecule has 0 atom stereocenters. The molecule has 0 aliphatic carbocycles. The van der Waals surface area contributed by atoms with Crippen LogP contribution in [0.2, 0.25) is 0 Å². The third-order valence-electron chi connectivity index (χ3n) is 5.10. The average molecular weight is 369 g/mol. The van der Waals surface area contributed by atoms with E-state index in [-0.39, 0.29) is 5.91 Å². The summed E-state index contributed by atoms with van der Waals surface area (Å²) in [6.45, 7) is 1.94. The van der Waals surface area contributed by atoms with Gasteiger partial charge in [-0.25, -0.2) is 4.98 Å². The first-order valence-corrected chi connectivity index (χ1v) is 9.48. The number of carbonyl (C=O) groups excluding carboxylic acids is 1. The summed E-state index contributed by atoms with van der Waals surface area (Å²) < 4.78 is 2.13. The van der Waals surface area contributed by atoms with Crippen molar-refractivity contribution in [2.75, 3.05) is 5.32 Å². The Morgan fingerprint density at radius 1 is 0.964 bits per heavy atom. The van der Waals surface area contributed by atoms with Crippen LogP contribution >= 0.6 is 0 Å². The molecule has 1 N–H and O–H groups in total. The molecule has 0 saturated heterocycles. The largest absolute Gasteiger partial charge is 0.331 e. The number of aryl methyl sites for hydroxylation is 4. The standard InChI is InChI=1S/C24H23N3O/c1-17-8-6-7-11-20(17)24(28)25-19-13-14-22-21(16-19)26-23(27(22)2)15-12-18-9-4-3-5-10-18/h3-11,13-14,16H,12,15H2,1-2H3,(H,25,28). The number of hydrogen-bond acceptors (Lipinski definition) is 2. The molecule has 3 aromatic carbocycles. The molecule has 0 saturated carbocycles. The number of imidazole rings is 1. The van der Waals surface area contributed by atoms with Crippen molar-refractivity contribution in [3.05, 3.63) is 95.3 Å². The van der Waals surface area contributed by atoms with E-state index in [0.717, 1.165) is 41.0 Å². The maximum atomic E-state index is 12.6. The average Bonchev–Trinajstić information content (AvgIpc) is 3.02. The quantitative estimate of drug-likeness (QED) is 0.543. The molecular weight excluding hydrogens is 346 g/mol. The normalized spacial score (nSPS) is 10.9. The number of hydrogen-bond donors (Lipinski definition) is 1. The number of nitrogens with zero attached hydrogens (tertiary/aromatic N) is 2. The second kappa shape index (κ2) is 7.69. The van der Waals surface area contributed by atoms with E-state index in [0.29, 0.717) is 5.56 Å². The summed E-state index contributed by atoms with van der Waals surface area (Å²) in [5, 5.41) is 2.99. The van der Waals surface area contributed by atoms with Gasteiger partial charge in [0.1, 0.15) is 5.82 Å². The topological polar surface area (TPSA) is 46.9 Å². The van der Waals surface area contributed by atoms with E-state index in [9.17, 15) is 4.79 Å². The van der Waals surface area contributed by atoms with Crippen molar-refractivity contribution in [3.63, 3.8) is 0 Å². The second-order valence-electron chi connectivity index (χ2n) is 7.05. The molecule has 0 aliphatic rings. The molecule has 0 bridgehead atoms. The molecule has 140 valence electrons. The Labute approximate surface area is 164 Å². The zero-order valence-corrected chi connectivity index (χ0v) is 16.1. The van der Waals surface area contributed by atoms with Crippen molar-refractivity contribution >= 4 is 22.6 Å². The summed E-state index contributed by atoms with van der Waals surface area (Å²) in [4.78, 5) is 17.4. The van der Waals surface area contributed by atoms with Gasteiger partial charge < -0.3 is 9.88 Å². The van der Waals surface area contributed by atoms with E-state index in [1.807, 2.05) is 62.5 Å². The molecule has 0 fully saturated rings. The molecule has 4 rings (SSSR count). The molecule has 0 spiro atoms. The Morgan fingerprint density at radius 2 is 1.71 bits per heavy atom. The lowest BCUT2D eigenvalue weighted by Gasteiger charge is -2.07. The summed E-state index contributed by atoms with van der Waals surface area (Å²) in [6.07, 6.45) is 1.83. The van der Waals surface area contributed by atoms with Gasteiger partial charge in [0.15, 0.2) is 0 Å². The fraction of sp³-hybridized carbons (Fsp3) is 0.167. The van der Waals surface area contributed by atoms with Crippen LogP contribution in [-0.2, 0) is 19.9 Å². The number of fused-ring (bicyclic) bond motifs is 1. The highest BCUT2D eigenvalue weighted by atomic mass is 16.1. The van der Waals surface area contributed by atoms with Crippen molar-refractivity contribution in [1.29, 1.82) is 0 Å². The van der Waals surface area contributed by atoms with Gasteiger partial charge in [0.05, 0.1) is 11.0 Å². The number of benzene rings is 3. The minimum atomic E-state index is -0.0994. The van der Waals surface area contributed by atoms with Gasteiger partial charge in [-0.15, -0.1) is 0 Å². The predicted octanol–water partition coefficient (Wildman–Crippen LogP) is 4.92. The molecule has 0 unspecified atom stereocenters. The number of amides is 1. The smallest absolute Gasteiger partial charge is 0.255 e. The molecule has 1 aromatic heterocycles. The van der Waals surface area contributed by atoms with Crippen LogP contribution in [0.15, 0.2) is 72.8 Å². The number of anilines is 1. The summed E-state index contributed by atoms with van der Waals surface area (Å²) in [5.41, 5.74) is 5.67. The van der Waals surface area contributed by atoms with E-state index >= 15 is 0 Å². The van der Waals surface area contributed by atoms with Crippen molar-refractivity contribution < 1.29 is 4.79 Å². The van der Waals surface area contributed by atoms with Crippen molar-refractivity contribution in [2.45, 2.75) is 19.8 Å². The zero-order chi connectivity index (χ0) is 19.5. The molecule has 1 amide bonds. The molecule has 1 heterocycles. The summed E-state index contributed by atoms with van der Waals surface area (Å²) in [5.74, 6) is 0.943. The Hall–Kier alpha value is -3.40. The Balaban J connectivity index is 1.54. The van der Waals surface area contributed by atoms with Crippen LogP contribution in [0, 0.1) is 6.92 Å². The molecule has 4 heteroatoms. The van der Waals surface area contributed by atoms with Crippen molar-refractivity contribution in [2.24, 2.45) is 7.05 Å². The van der Waals surface area contributed by atoms with E-state index in [2.05, 4.69) is 34.1 Å². The van der Waals surface area contributed by atoms with Gasteiger partial charge in [0.25, 0.3) is 5.91 Å². The third-order valence-corrected chi connectivity index (χ3v) is 5.10. The first-order chi connectivity index (χ1) is 13.6. The van der Waals surface area contributed by atoms with Gasteiger partial charge in [-0.3, -0.25) is 4.79 Å². The summed E-state index contributed by atoms with van der Waals surface area (Å²) in [6, 6.07) is 23.9. The van der Waals surface area contributed by atoms with Crippen LogP contribution in [-0.4, -0.2) is 15.5 Å². The number of rotatable bonds is 5. The van der Waals surface area contributed by atoms with E-state index in [1.54, 1.807) is 0 Å². The van der Waals surface area contributed by atoms with Crippen molar-refractivity contribution in [1.82, 2.24) is 9.55 Å². The van der Waals surface area contributed by atoms with Crippen LogP contribution in [0.5, 0.6) is 0 Å². The van der Waals surface area contributed by atoms with Gasteiger partial charge in [-0.1, -0.05) is 48.5 Å². The molecule has 4 nitrogen and oxygen atoms in total. The molecule has 4 aromatic rings.